The van der Waals surface area contributed by atoms with Crippen molar-refractivity contribution >= 4 is 15.7 Å². The molecule has 4 aromatic rings. The maximum Gasteiger partial charge on any atom is 0.277 e. The Morgan fingerprint density at radius 2 is 1.84 bits per heavy atom. The Labute approximate surface area is 249 Å². The van der Waals surface area contributed by atoms with E-state index in [-0.39, 0.29) is 17.1 Å². The predicted molar refractivity (Wildman–Crippen MR) is 159 cm³/mol. The number of sulfone groups is 1. The zero-order valence-corrected chi connectivity index (χ0v) is 24.6. The topological polar surface area (TPSA) is 156 Å². The van der Waals surface area contributed by atoms with Gasteiger partial charge in [-0.2, -0.15) is 10.2 Å². The molecule has 1 heterocycles. The normalized spacial score (nSPS) is 12.0. The fraction of sp³-hybridized carbons (Fsp3) is 0.250. The van der Waals surface area contributed by atoms with E-state index in [9.17, 15) is 32.8 Å². The Bertz CT molecular complexity index is 1880. The molecule has 43 heavy (non-hydrogen) atoms. The summed E-state index contributed by atoms with van der Waals surface area (Å²) in [6.45, 7) is 3.79. The number of unbranched alkanes of at least 4 members (excludes halogenated alkanes) is 1. The molecule has 0 saturated carbocycles. The fourth-order valence-electron chi connectivity index (χ4n) is 5.11. The van der Waals surface area contributed by atoms with E-state index in [0.29, 0.717) is 47.1 Å². The maximum absolute atomic E-state index is 14.0. The third kappa shape index (κ3) is 6.49. The van der Waals surface area contributed by atoms with Crippen LogP contribution >= 0.6 is 0 Å². The lowest BCUT2D eigenvalue weighted by Crippen LogP contribution is -2.33. The van der Waals surface area contributed by atoms with E-state index in [0.717, 1.165) is 6.42 Å². The number of halogens is 1. The summed E-state index contributed by atoms with van der Waals surface area (Å²) in [7, 11) is -4.56. The standard InChI is InChI=1S/C32H31FN4O5S/c1-3-5-9-29-36-31(39)30(32(40)37(29)27(4-2)22-8-6-7-20(16-22)19-34)43(41,42)25-13-10-21(11-14-25)26-15-12-24(33)17-23(26)18-28(35)38/h6-8,10-17,27,39H,3-5,9,18H2,1-2H3,(H2,35,38)/t27-/m0/s1. The number of benzene rings is 3. The van der Waals surface area contributed by atoms with Crippen LogP contribution in [0.3, 0.4) is 0 Å². The van der Waals surface area contributed by atoms with Crippen molar-refractivity contribution in [1.29, 1.82) is 5.26 Å². The van der Waals surface area contributed by atoms with Gasteiger partial charge in [0.15, 0.2) is 4.90 Å². The van der Waals surface area contributed by atoms with E-state index in [2.05, 4.69) is 11.1 Å². The molecule has 9 nitrogen and oxygen atoms in total. The van der Waals surface area contributed by atoms with Crippen LogP contribution in [-0.4, -0.2) is 29.0 Å². The van der Waals surface area contributed by atoms with Gasteiger partial charge >= 0.3 is 0 Å². The molecule has 0 radical (unpaired) electrons. The highest BCUT2D eigenvalue weighted by Crippen LogP contribution is 2.31. The molecule has 11 heteroatoms. The van der Waals surface area contributed by atoms with E-state index in [4.69, 9.17) is 5.73 Å². The first-order chi connectivity index (χ1) is 20.5. The number of aromatic hydroxyl groups is 1. The number of nitrogens with two attached hydrogens (primary N) is 1. The van der Waals surface area contributed by atoms with Crippen LogP contribution in [0.2, 0.25) is 0 Å². The van der Waals surface area contributed by atoms with Gasteiger partial charge in [0.1, 0.15) is 11.6 Å². The van der Waals surface area contributed by atoms with Crippen LogP contribution in [0.5, 0.6) is 5.88 Å². The van der Waals surface area contributed by atoms with Crippen LogP contribution in [0.15, 0.2) is 81.3 Å². The maximum atomic E-state index is 14.0. The molecule has 0 bridgehead atoms. The Morgan fingerprint density at radius 1 is 1.12 bits per heavy atom. The number of amides is 1. The van der Waals surface area contributed by atoms with E-state index >= 15 is 0 Å². The highest BCUT2D eigenvalue weighted by Gasteiger charge is 2.31. The van der Waals surface area contributed by atoms with Crippen LogP contribution in [0.4, 0.5) is 4.39 Å². The quantitative estimate of drug-likeness (QED) is 0.249. The van der Waals surface area contributed by atoms with Gasteiger partial charge in [-0.3, -0.25) is 14.2 Å². The van der Waals surface area contributed by atoms with E-state index < -0.39 is 43.9 Å². The van der Waals surface area contributed by atoms with Gasteiger partial charge in [-0.15, -0.1) is 0 Å². The minimum atomic E-state index is -4.56. The van der Waals surface area contributed by atoms with E-state index in [1.807, 2.05) is 13.8 Å². The number of rotatable bonds is 11. The molecular formula is C32H31FN4O5S. The SMILES string of the molecule is CCCCc1nc(O)c(S(=O)(=O)c2ccc(-c3ccc(F)cc3CC(N)=O)cc2)c(=O)n1[C@@H](CC)c1cccc(C#N)c1. The van der Waals surface area contributed by atoms with Gasteiger partial charge < -0.3 is 10.8 Å². The predicted octanol–water partition coefficient (Wildman–Crippen LogP) is 4.83. The number of primary amides is 1. The number of hydrogen-bond donors (Lipinski definition) is 2. The van der Waals surface area contributed by atoms with Gasteiger partial charge in [0, 0.05) is 6.42 Å². The summed E-state index contributed by atoms with van der Waals surface area (Å²) >= 11 is 0. The van der Waals surface area contributed by atoms with Crippen molar-refractivity contribution in [1.82, 2.24) is 9.55 Å². The molecule has 222 valence electrons. The summed E-state index contributed by atoms with van der Waals surface area (Å²) in [6.07, 6.45) is 1.93. The number of carbonyl (C=O) groups is 1. The summed E-state index contributed by atoms with van der Waals surface area (Å²) in [4.78, 5) is 28.6. The Kier molecular flexibility index (Phi) is 9.41. The minimum Gasteiger partial charge on any atom is -0.492 e. The van der Waals surface area contributed by atoms with Crippen LogP contribution in [-0.2, 0) is 27.5 Å². The molecule has 1 amide bonds. The summed E-state index contributed by atoms with van der Waals surface area (Å²) in [5, 5.41) is 20.3. The first-order valence-corrected chi connectivity index (χ1v) is 15.3. The number of carbonyl (C=O) groups excluding carboxylic acids is 1. The fourth-order valence-corrected chi connectivity index (χ4v) is 6.45. The molecule has 0 unspecified atom stereocenters. The van der Waals surface area contributed by atoms with Gasteiger partial charge in [0.25, 0.3) is 5.56 Å². The van der Waals surface area contributed by atoms with Crippen LogP contribution in [0, 0.1) is 17.1 Å². The van der Waals surface area contributed by atoms with Gasteiger partial charge in [-0.25, -0.2) is 12.8 Å². The lowest BCUT2D eigenvalue weighted by molar-refractivity contribution is -0.117. The zero-order valence-electron chi connectivity index (χ0n) is 23.7. The Morgan fingerprint density at radius 3 is 2.47 bits per heavy atom. The van der Waals surface area contributed by atoms with Crippen molar-refractivity contribution < 1.29 is 22.7 Å². The molecular weight excluding hydrogens is 571 g/mol. The lowest BCUT2D eigenvalue weighted by atomic mass is 9.97. The van der Waals surface area contributed by atoms with Crippen LogP contribution in [0.25, 0.3) is 11.1 Å². The molecule has 0 aliphatic rings. The van der Waals surface area contributed by atoms with Gasteiger partial charge in [-0.05, 0) is 71.5 Å². The third-order valence-electron chi connectivity index (χ3n) is 7.16. The molecule has 0 aliphatic heterocycles. The average molecular weight is 603 g/mol. The average Bonchev–Trinajstić information content (AvgIpc) is 2.97. The summed E-state index contributed by atoms with van der Waals surface area (Å²) in [5.41, 5.74) is 6.73. The summed E-state index contributed by atoms with van der Waals surface area (Å²) in [6, 6.07) is 17.5. The number of aryl methyl sites for hydroxylation is 1. The van der Waals surface area contributed by atoms with Gasteiger partial charge in [0.2, 0.25) is 21.6 Å². The molecule has 1 aromatic heterocycles. The minimum absolute atomic E-state index is 0.216. The van der Waals surface area contributed by atoms with Crippen LogP contribution < -0.4 is 11.3 Å². The second kappa shape index (κ2) is 13.0. The first kappa shape index (κ1) is 31.1. The number of nitrogens with zero attached hydrogens (tertiary/aromatic N) is 3. The Hall–Kier alpha value is -4.82. The molecule has 1 atom stereocenters. The zero-order chi connectivity index (χ0) is 31.3. The molecule has 4 rings (SSSR count). The largest absolute Gasteiger partial charge is 0.492 e. The van der Waals surface area contributed by atoms with Crippen molar-refractivity contribution in [2.45, 2.75) is 61.8 Å². The Balaban J connectivity index is 1.85. The number of nitriles is 1. The third-order valence-corrected chi connectivity index (χ3v) is 8.95. The highest BCUT2D eigenvalue weighted by molar-refractivity contribution is 7.91. The molecule has 3 aromatic carbocycles. The molecule has 0 fully saturated rings. The van der Waals surface area contributed by atoms with Crippen molar-refractivity contribution in [3.63, 3.8) is 0 Å². The highest BCUT2D eigenvalue weighted by atomic mass is 32.2. The summed E-state index contributed by atoms with van der Waals surface area (Å²) in [5.74, 6) is -1.85. The number of hydrogen-bond acceptors (Lipinski definition) is 7. The van der Waals surface area contributed by atoms with Crippen LogP contribution in [0.1, 0.15) is 61.7 Å². The smallest absolute Gasteiger partial charge is 0.277 e. The second-order valence-electron chi connectivity index (χ2n) is 10.1. The first-order valence-electron chi connectivity index (χ1n) is 13.8. The second-order valence-corrected chi connectivity index (χ2v) is 12.0. The van der Waals surface area contributed by atoms with E-state index in [1.54, 1.807) is 24.3 Å². The molecule has 0 aliphatic carbocycles. The van der Waals surface area contributed by atoms with E-state index in [1.165, 1.54) is 47.0 Å². The van der Waals surface area contributed by atoms with Crippen molar-refractivity contribution in [3.8, 4) is 23.1 Å². The van der Waals surface area contributed by atoms with Crippen molar-refractivity contribution in [2.75, 3.05) is 0 Å². The van der Waals surface area contributed by atoms with Crippen molar-refractivity contribution in [3.05, 3.63) is 105 Å². The monoisotopic (exact) mass is 602 g/mol. The lowest BCUT2D eigenvalue weighted by Gasteiger charge is -2.23. The molecule has 3 N–H and O–H groups in total. The van der Waals surface area contributed by atoms with Crippen molar-refractivity contribution in [2.24, 2.45) is 5.73 Å². The van der Waals surface area contributed by atoms with Gasteiger partial charge in [-0.1, -0.05) is 50.6 Å². The summed E-state index contributed by atoms with van der Waals surface area (Å²) < 4.78 is 42.8. The molecule has 0 spiro atoms. The van der Waals surface area contributed by atoms with Gasteiger partial charge in [0.05, 0.1) is 29.0 Å². The number of aromatic nitrogens is 2. The molecule has 0 saturated heterocycles.